The Morgan fingerprint density at radius 2 is 1.57 bits per heavy atom. The summed E-state index contributed by atoms with van der Waals surface area (Å²) in [4.78, 5) is 61.8. The molecule has 2 heterocycles. The number of thiazole rings is 2. The summed E-state index contributed by atoms with van der Waals surface area (Å²) in [7, 11) is -1.33. The molecule has 2 aromatic rings. The monoisotopic (exact) mass is 880 g/mol. The molecule has 0 bridgehead atoms. The van der Waals surface area contributed by atoms with Crippen LogP contribution in [0.25, 0.3) is 0 Å². The molecule has 0 aliphatic heterocycles. The molecule has 2 aromatic heterocycles. The quantitative estimate of drug-likeness (QED) is 0.0472. The van der Waals surface area contributed by atoms with Gasteiger partial charge in [-0.25, -0.2) is 19.6 Å². The molecule has 0 radical (unpaired) electrons. The third-order valence-corrected chi connectivity index (χ3v) is 12.6. The van der Waals surface area contributed by atoms with Crippen LogP contribution in [0.1, 0.15) is 128 Å². The maximum atomic E-state index is 14.1. The number of carbonyl (C=O) groups excluding carboxylic acids is 4. The van der Waals surface area contributed by atoms with Crippen LogP contribution in [0.15, 0.2) is 10.8 Å². The van der Waals surface area contributed by atoms with Gasteiger partial charge >= 0.3 is 18.0 Å². The number of hydrogen-bond donors (Lipinski definition) is 3. The predicted octanol–water partition coefficient (Wildman–Crippen LogP) is 9.02. The summed E-state index contributed by atoms with van der Waals surface area (Å²) in [5.41, 5.74) is -3.67. The second kappa shape index (κ2) is 20.5. The van der Waals surface area contributed by atoms with Gasteiger partial charge in [-0.3, -0.25) is 9.59 Å². The number of aliphatic hydroxyl groups is 1. The number of hydrogen-bond acceptors (Lipinski definition) is 13. The van der Waals surface area contributed by atoms with Crippen molar-refractivity contribution in [3.8, 4) is 5.88 Å². The van der Waals surface area contributed by atoms with E-state index in [0.717, 1.165) is 6.04 Å². The van der Waals surface area contributed by atoms with E-state index in [1.807, 2.05) is 13.8 Å². The van der Waals surface area contributed by atoms with Gasteiger partial charge in [0.25, 0.3) is 0 Å². The van der Waals surface area contributed by atoms with Crippen molar-refractivity contribution in [2.24, 2.45) is 11.3 Å². The van der Waals surface area contributed by atoms with Gasteiger partial charge in [0.05, 0.1) is 23.4 Å². The zero-order valence-corrected chi connectivity index (χ0v) is 39.2. The number of aromatic nitrogens is 2. The van der Waals surface area contributed by atoms with Crippen LogP contribution in [0.2, 0.25) is 25.7 Å². The first kappa shape index (κ1) is 49.6. The second-order valence-corrected chi connectivity index (χ2v) is 26.8. The smallest absolute Gasteiger partial charge is 0.408 e. The van der Waals surface area contributed by atoms with E-state index in [-0.39, 0.29) is 24.6 Å². The highest BCUT2D eigenvalue weighted by atomic mass is 35.5. The number of amides is 2. The van der Waals surface area contributed by atoms with E-state index in [2.05, 4.69) is 40.2 Å². The molecule has 0 saturated carbocycles. The molecule has 0 saturated heterocycles. The number of alkyl halides is 2. The van der Waals surface area contributed by atoms with Gasteiger partial charge in [-0.1, -0.05) is 39.9 Å². The summed E-state index contributed by atoms with van der Waals surface area (Å²) in [6, 6.07) is 0.375. The number of nitrogens with zero attached hydrogens (tertiary/aromatic N) is 2. The lowest BCUT2D eigenvalue weighted by atomic mass is 9.83. The Bertz CT molecular complexity index is 1610. The van der Waals surface area contributed by atoms with E-state index < -0.39 is 71.2 Å². The van der Waals surface area contributed by atoms with Gasteiger partial charge in [-0.2, -0.15) is 0 Å². The van der Waals surface area contributed by atoms with Crippen molar-refractivity contribution in [2.75, 3.05) is 13.2 Å². The Kier molecular flexibility index (Phi) is 18.1. The van der Waals surface area contributed by atoms with Crippen molar-refractivity contribution in [3.05, 3.63) is 26.5 Å². The molecular formula is C38H62Cl2N4O9S2Si. The van der Waals surface area contributed by atoms with Crippen LogP contribution in [0, 0.1) is 11.3 Å². The molecule has 0 fully saturated rings. The topological polar surface area (TPSA) is 175 Å². The molecule has 3 N–H and O–H groups in total. The molecule has 13 nitrogen and oxygen atoms in total. The fourth-order valence-electron chi connectivity index (χ4n) is 5.06. The van der Waals surface area contributed by atoms with E-state index in [1.165, 1.54) is 41.9 Å². The van der Waals surface area contributed by atoms with Crippen LogP contribution in [-0.2, 0) is 23.8 Å². The van der Waals surface area contributed by atoms with Crippen LogP contribution in [0.3, 0.4) is 0 Å². The number of nitrogens with one attached hydrogen (secondary N) is 2. The van der Waals surface area contributed by atoms with E-state index in [9.17, 15) is 24.3 Å². The van der Waals surface area contributed by atoms with Crippen molar-refractivity contribution in [3.63, 3.8) is 0 Å². The summed E-state index contributed by atoms with van der Waals surface area (Å²) in [6.45, 7) is 23.9. The SMILES string of the molecule is CC[C@H](C)[C@H](NC(=O)CNC(=O)OC(C)(C)C)c1nc(C(=O)O[C@@H](CCCC(C)(Cl)Cl)C(C)(C)C(=O)O[C@H](c2nc(OCC[Si](C)(C)C)cs2)C(C)(C)O)cs1. The molecule has 18 heteroatoms. The standard InChI is InChI=1S/C38H62Cl2N4O9S2Si/c1-14-23(2)28(43-26(45)20-41-34(48)53-35(3,4)5)30-42-24(21-54-30)32(46)51-25(16-15-17-38(10,39)40)36(6,7)33(47)52-29(37(8,9)49)31-44-27(22-55-31)50-18-19-56(11,12)13/h21-23,25,28-29,49H,14-20H2,1-13H3,(H,41,48)(H,43,45)/t23-,25-,28-,29+/m0/s1. The fourth-order valence-corrected chi connectivity index (χ4v) is 7.96. The first-order chi connectivity index (χ1) is 25.5. The lowest BCUT2D eigenvalue weighted by Gasteiger charge is -2.35. The van der Waals surface area contributed by atoms with Gasteiger partial charge < -0.3 is 34.7 Å². The third-order valence-electron chi connectivity index (χ3n) is 8.67. The number of carbonyl (C=O) groups is 4. The fraction of sp³-hybridized carbons (Fsp3) is 0.737. The van der Waals surface area contributed by atoms with Crippen molar-refractivity contribution in [2.45, 2.75) is 154 Å². The summed E-state index contributed by atoms with van der Waals surface area (Å²) >= 11 is 14.9. The summed E-state index contributed by atoms with van der Waals surface area (Å²) < 4.78 is 22.1. The molecule has 0 aliphatic carbocycles. The van der Waals surface area contributed by atoms with Crippen LogP contribution in [-0.4, -0.2) is 81.9 Å². The Labute approximate surface area is 351 Å². The molecule has 2 amide bonds. The summed E-state index contributed by atoms with van der Waals surface area (Å²) in [6.07, 6.45) is -1.25. The first-order valence-electron chi connectivity index (χ1n) is 18.8. The molecule has 0 spiro atoms. The Morgan fingerprint density at radius 1 is 0.946 bits per heavy atom. The van der Waals surface area contributed by atoms with Gasteiger partial charge in [0.2, 0.25) is 11.8 Å². The predicted molar refractivity (Wildman–Crippen MR) is 225 cm³/mol. The maximum Gasteiger partial charge on any atom is 0.408 e. The van der Waals surface area contributed by atoms with E-state index in [0.29, 0.717) is 41.8 Å². The highest BCUT2D eigenvalue weighted by Crippen LogP contribution is 2.39. The highest BCUT2D eigenvalue weighted by molar-refractivity contribution is 7.10. The summed E-state index contributed by atoms with van der Waals surface area (Å²) in [5.74, 6) is -1.65. The summed E-state index contributed by atoms with van der Waals surface area (Å²) in [5, 5.41) is 20.6. The molecule has 0 aromatic carbocycles. The van der Waals surface area contributed by atoms with Gasteiger partial charge in [-0.15, -0.1) is 45.9 Å². The van der Waals surface area contributed by atoms with Crippen LogP contribution in [0.4, 0.5) is 4.79 Å². The minimum Gasteiger partial charge on any atom is -0.477 e. The van der Waals surface area contributed by atoms with E-state index in [4.69, 9.17) is 42.1 Å². The molecule has 56 heavy (non-hydrogen) atoms. The number of esters is 2. The average Bonchev–Trinajstić information content (AvgIpc) is 3.72. The van der Waals surface area contributed by atoms with Crippen LogP contribution >= 0.6 is 45.9 Å². The number of ether oxygens (including phenoxy) is 4. The molecular weight excluding hydrogens is 820 g/mol. The van der Waals surface area contributed by atoms with Gasteiger partial charge in [0.15, 0.2) is 11.8 Å². The number of halogens is 2. The second-order valence-electron chi connectivity index (χ2n) is 17.6. The minimum atomic E-state index is -1.52. The normalized spacial score (nSPS) is 14.9. The largest absolute Gasteiger partial charge is 0.477 e. The van der Waals surface area contributed by atoms with E-state index >= 15 is 0 Å². The van der Waals surface area contributed by atoms with Gasteiger partial charge in [-0.05, 0) is 86.6 Å². The van der Waals surface area contributed by atoms with Crippen molar-refractivity contribution in [1.29, 1.82) is 0 Å². The van der Waals surface area contributed by atoms with Crippen LogP contribution < -0.4 is 15.4 Å². The Hall–Kier alpha value is -2.50. The lowest BCUT2D eigenvalue weighted by Crippen LogP contribution is -2.44. The number of rotatable bonds is 21. The third kappa shape index (κ3) is 17.2. The molecule has 0 unspecified atom stereocenters. The Morgan fingerprint density at radius 3 is 2.12 bits per heavy atom. The van der Waals surface area contributed by atoms with Gasteiger partial charge in [0.1, 0.15) is 38.2 Å². The minimum absolute atomic E-state index is 0.00747. The molecule has 318 valence electrons. The highest BCUT2D eigenvalue weighted by Gasteiger charge is 2.45. The van der Waals surface area contributed by atoms with Crippen molar-refractivity contribution in [1.82, 2.24) is 20.6 Å². The zero-order valence-electron chi connectivity index (χ0n) is 35.1. The van der Waals surface area contributed by atoms with Gasteiger partial charge in [0, 0.05) is 13.5 Å². The Balaban J connectivity index is 2.30. The van der Waals surface area contributed by atoms with Crippen LogP contribution in [0.5, 0.6) is 5.88 Å². The van der Waals surface area contributed by atoms with Crippen molar-refractivity contribution < 1.29 is 43.2 Å². The molecule has 0 aliphatic rings. The maximum absolute atomic E-state index is 14.1. The zero-order chi connectivity index (χ0) is 42.9. The van der Waals surface area contributed by atoms with E-state index in [1.54, 1.807) is 46.9 Å². The average molecular weight is 882 g/mol. The van der Waals surface area contributed by atoms with Crippen molar-refractivity contribution >= 4 is 77.9 Å². The lowest BCUT2D eigenvalue weighted by molar-refractivity contribution is -0.179. The number of alkyl carbamates (subject to hydrolysis) is 1. The molecule has 4 atom stereocenters. The first-order valence-corrected chi connectivity index (χ1v) is 25.1. The molecule has 2 rings (SSSR count).